The Morgan fingerprint density at radius 1 is 1.00 bits per heavy atom. The molecular formula is C22H19F3N4O4S. The number of amides is 2. The fourth-order valence-electron chi connectivity index (χ4n) is 3.72. The summed E-state index contributed by atoms with van der Waals surface area (Å²) in [7, 11) is -1.67. The fourth-order valence-corrected chi connectivity index (χ4v) is 4.08. The summed E-state index contributed by atoms with van der Waals surface area (Å²) >= 11 is 0. The standard InChI is InChI=1S/C22H19F3N4O4S/c23-22(24,25)33-17-4-1-14(2-5-17)3-8-20(30)28-10-15-12-29(13-16(15)11-28)21(31)19-7-6-18(9-27-19)34(26)32/h1-9H,10-13,26H2/b8-3+. The van der Waals surface area contributed by atoms with Crippen LogP contribution in [0, 0.1) is 0 Å². The Bertz CT molecular complexity index is 1180. The van der Waals surface area contributed by atoms with Crippen LogP contribution in [0.1, 0.15) is 16.1 Å². The quantitative estimate of drug-likeness (QED) is 0.509. The highest BCUT2D eigenvalue weighted by atomic mass is 32.2. The molecule has 2 aromatic rings. The molecule has 1 aromatic carbocycles. The van der Waals surface area contributed by atoms with E-state index in [-0.39, 0.29) is 23.3 Å². The molecule has 3 heterocycles. The van der Waals surface area contributed by atoms with Crippen LogP contribution in [-0.4, -0.2) is 63.3 Å². The molecule has 0 spiro atoms. The first kappa shape index (κ1) is 23.6. The predicted octanol–water partition coefficient (Wildman–Crippen LogP) is 2.27. The predicted molar refractivity (Wildman–Crippen MR) is 117 cm³/mol. The van der Waals surface area contributed by atoms with Crippen LogP contribution in [0.25, 0.3) is 6.08 Å². The Labute approximate surface area is 195 Å². The number of aromatic nitrogens is 1. The number of rotatable bonds is 5. The van der Waals surface area contributed by atoms with Crippen molar-refractivity contribution in [2.75, 3.05) is 26.2 Å². The zero-order chi connectivity index (χ0) is 24.5. The van der Waals surface area contributed by atoms with Crippen molar-refractivity contribution in [1.82, 2.24) is 14.8 Å². The normalized spacial score (nSPS) is 16.8. The molecule has 2 aliphatic rings. The van der Waals surface area contributed by atoms with E-state index >= 15 is 0 Å². The van der Waals surface area contributed by atoms with E-state index in [1.807, 2.05) is 0 Å². The van der Waals surface area contributed by atoms with E-state index in [9.17, 15) is 27.0 Å². The average Bonchev–Trinajstić information content (AvgIpc) is 3.36. The molecule has 0 radical (unpaired) electrons. The lowest BCUT2D eigenvalue weighted by atomic mass is 10.2. The molecule has 1 atom stereocenters. The molecule has 8 nitrogen and oxygen atoms in total. The summed E-state index contributed by atoms with van der Waals surface area (Å²) < 4.78 is 51.8. The molecule has 1 unspecified atom stereocenters. The zero-order valence-corrected chi connectivity index (χ0v) is 18.4. The Balaban J connectivity index is 1.29. The van der Waals surface area contributed by atoms with Gasteiger partial charge in [0.05, 0.1) is 4.90 Å². The van der Waals surface area contributed by atoms with Gasteiger partial charge in [0.15, 0.2) is 0 Å². The molecule has 0 bridgehead atoms. The zero-order valence-electron chi connectivity index (χ0n) is 17.6. The van der Waals surface area contributed by atoms with Gasteiger partial charge in [-0.2, -0.15) is 0 Å². The van der Waals surface area contributed by atoms with Crippen LogP contribution in [0.2, 0.25) is 0 Å². The number of carbonyl (C=O) groups is 2. The minimum atomic E-state index is -4.76. The number of benzene rings is 1. The molecule has 0 saturated carbocycles. The van der Waals surface area contributed by atoms with Crippen LogP contribution < -0.4 is 9.88 Å². The van der Waals surface area contributed by atoms with Gasteiger partial charge in [0, 0.05) is 38.5 Å². The Kier molecular flexibility index (Phi) is 6.53. The third-order valence-electron chi connectivity index (χ3n) is 5.35. The van der Waals surface area contributed by atoms with E-state index in [0.717, 1.165) is 11.1 Å². The van der Waals surface area contributed by atoms with Crippen molar-refractivity contribution in [2.45, 2.75) is 11.3 Å². The van der Waals surface area contributed by atoms with Crippen molar-refractivity contribution in [3.63, 3.8) is 0 Å². The molecule has 2 aliphatic heterocycles. The lowest BCUT2D eigenvalue weighted by Gasteiger charge is -2.22. The van der Waals surface area contributed by atoms with Crippen molar-refractivity contribution in [3.05, 3.63) is 71.1 Å². The van der Waals surface area contributed by atoms with E-state index in [1.165, 1.54) is 54.7 Å². The topological polar surface area (TPSA) is 106 Å². The highest BCUT2D eigenvalue weighted by molar-refractivity contribution is 7.82. The smallest absolute Gasteiger partial charge is 0.406 e. The summed E-state index contributed by atoms with van der Waals surface area (Å²) in [5, 5.41) is 5.29. The molecule has 1 aromatic heterocycles. The molecule has 2 amide bonds. The highest BCUT2D eigenvalue weighted by Gasteiger charge is 2.34. The Hall–Kier alpha value is -3.51. The first-order valence-corrected chi connectivity index (χ1v) is 11.2. The molecule has 12 heteroatoms. The lowest BCUT2D eigenvalue weighted by molar-refractivity contribution is -0.274. The third kappa shape index (κ3) is 5.51. The summed E-state index contributed by atoms with van der Waals surface area (Å²) in [6.45, 7) is 1.54. The van der Waals surface area contributed by atoms with Crippen molar-refractivity contribution < 1.29 is 31.7 Å². The van der Waals surface area contributed by atoms with Gasteiger partial charge in [0.1, 0.15) is 22.4 Å². The average molecular weight is 492 g/mol. The number of halogens is 3. The number of nitrogens with zero attached hydrogens (tertiary/aromatic N) is 3. The summed E-state index contributed by atoms with van der Waals surface area (Å²) in [6, 6.07) is 8.16. The second kappa shape index (κ2) is 9.39. The van der Waals surface area contributed by atoms with Crippen LogP contribution in [0.15, 0.2) is 64.7 Å². The van der Waals surface area contributed by atoms with E-state index in [4.69, 9.17) is 5.14 Å². The van der Waals surface area contributed by atoms with Crippen molar-refractivity contribution in [1.29, 1.82) is 0 Å². The van der Waals surface area contributed by atoms with Gasteiger partial charge in [-0.25, -0.2) is 14.3 Å². The number of nitrogens with two attached hydrogens (primary N) is 1. The van der Waals surface area contributed by atoms with Gasteiger partial charge in [-0.15, -0.1) is 13.2 Å². The van der Waals surface area contributed by atoms with Gasteiger partial charge in [0.2, 0.25) is 5.91 Å². The van der Waals surface area contributed by atoms with Crippen molar-refractivity contribution in [3.8, 4) is 5.75 Å². The summed E-state index contributed by atoms with van der Waals surface area (Å²) in [4.78, 5) is 32.9. The second-order valence-corrected chi connectivity index (χ2v) is 8.76. The van der Waals surface area contributed by atoms with Crippen LogP contribution in [0.3, 0.4) is 0 Å². The summed E-state index contributed by atoms with van der Waals surface area (Å²) in [5.41, 5.74) is 2.75. The van der Waals surface area contributed by atoms with Crippen LogP contribution >= 0.6 is 0 Å². The number of carbonyl (C=O) groups excluding carboxylic acids is 2. The summed E-state index contributed by atoms with van der Waals surface area (Å²) in [6.07, 6.45) is -0.575. The van der Waals surface area contributed by atoms with E-state index in [1.54, 1.807) is 9.80 Å². The van der Waals surface area contributed by atoms with Crippen LogP contribution in [0.5, 0.6) is 5.75 Å². The number of pyridine rings is 1. The monoisotopic (exact) mass is 492 g/mol. The Morgan fingerprint density at radius 3 is 2.15 bits per heavy atom. The minimum absolute atomic E-state index is 0.220. The second-order valence-electron chi connectivity index (χ2n) is 7.69. The molecule has 0 fully saturated rings. The maximum Gasteiger partial charge on any atom is 0.573 e. The van der Waals surface area contributed by atoms with Crippen molar-refractivity contribution in [2.24, 2.45) is 5.14 Å². The molecule has 4 rings (SSSR count). The third-order valence-corrected chi connectivity index (χ3v) is 6.05. The Morgan fingerprint density at radius 2 is 1.62 bits per heavy atom. The molecule has 178 valence electrons. The molecule has 2 N–H and O–H groups in total. The number of hydrogen-bond acceptors (Lipinski definition) is 5. The summed E-state index contributed by atoms with van der Waals surface area (Å²) in [5.74, 6) is -0.842. The lowest BCUT2D eigenvalue weighted by Crippen LogP contribution is -2.36. The molecule has 0 aliphatic carbocycles. The molecule has 0 saturated heterocycles. The van der Waals surface area contributed by atoms with Gasteiger partial charge in [0.25, 0.3) is 5.91 Å². The largest absolute Gasteiger partial charge is 0.573 e. The number of alkyl halides is 3. The van der Waals surface area contributed by atoms with Gasteiger partial charge < -0.3 is 14.5 Å². The van der Waals surface area contributed by atoms with E-state index < -0.39 is 17.3 Å². The van der Waals surface area contributed by atoms with Gasteiger partial charge >= 0.3 is 6.36 Å². The maximum absolute atomic E-state index is 12.7. The highest BCUT2D eigenvalue weighted by Crippen LogP contribution is 2.27. The van der Waals surface area contributed by atoms with Gasteiger partial charge in [-0.05, 0) is 47.1 Å². The van der Waals surface area contributed by atoms with Crippen molar-refractivity contribution >= 4 is 28.9 Å². The van der Waals surface area contributed by atoms with Gasteiger partial charge in [-0.3, -0.25) is 9.59 Å². The van der Waals surface area contributed by atoms with E-state index in [2.05, 4.69) is 9.72 Å². The number of ether oxygens (including phenoxy) is 1. The fraction of sp³-hybridized carbons (Fsp3) is 0.227. The van der Waals surface area contributed by atoms with Gasteiger partial charge in [-0.1, -0.05) is 12.1 Å². The molecular weight excluding hydrogens is 473 g/mol. The molecule has 34 heavy (non-hydrogen) atoms. The SMILES string of the molecule is NS(=O)c1ccc(C(=O)N2CC3=C(CN(C(=O)/C=C/c4ccc(OC(F)(F)F)cc4)C3)C2)nc1. The van der Waals surface area contributed by atoms with Crippen LogP contribution in [0.4, 0.5) is 13.2 Å². The number of hydrogen-bond donors (Lipinski definition) is 1. The maximum atomic E-state index is 12.7. The van der Waals surface area contributed by atoms with E-state index in [0.29, 0.717) is 36.6 Å². The van der Waals surface area contributed by atoms with Crippen LogP contribution in [-0.2, 0) is 15.8 Å². The first-order valence-electron chi connectivity index (χ1n) is 10.0. The minimum Gasteiger partial charge on any atom is -0.406 e. The first-order chi connectivity index (χ1) is 16.1.